The lowest BCUT2D eigenvalue weighted by Gasteiger charge is -2.39. The first-order chi connectivity index (χ1) is 14.1. The van der Waals surface area contributed by atoms with E-state index in [-0.39, 0.29) is 0 Å². The first-order valence-corrected chi connectivity index (χ1v) is 10.6. The summed E-state index contributed by atoms with van der Waals surface area (Å²) in [6, 6.07) is 0. The Kier molecular flexibility index (Phi) is 12.5. The lowest BCUT2D eigenvalue weighted by atomic mass is 9.99. The highest BCUT2D eigenvalue weighted by Gasteiger charge is 2.43. The molecule has 0 aromatic carbocycles. The van der Waals surface area contributed by atoms with Crippen LogP contribution >= 0.6 is 0 Å². The van der Waals surface area contributed by atoms with Crippen molar-refractivity contribution in [2.45, 2.75) is 30.7 Å². The molecule has 172 valence electrons. The van der Waals surface area contributed by atoms with Crippen LogP contribution in [-0.4, -0.2) is 141 Å². The van der Waals surface area contributed by atoms with Crippen molar-refractivity contribution in [3.8, 4) is 0 Å². The summed E-state index contributed by atoms with van der Waals surface area (Å²) in [5.41, 5.74) is 0. The lowest BCUT2D eigenvalue weighted by molar-refractivity contribution is -0.301. The third-order valence-electron chi connectivity index (χ3n) is 5.18. The smallest absolute Gasteiger partial charge is 0.186 e. The van der Waals surface area contributed by atoms with Gasteiger partial charge < -0.3 is 51.2 Å². The molecule has 2 heterocycles. The van der Waals surface area contributed by atoms with E-state index in [0.29, 0.717) is 13.2 Å². The summed E-state index contributed by atoms with van der Waals surface area (Å²) in [4.78, 5) is 2.25. The maximum absolute atomic E-state index is 10.1. The number of ether oxygens (including phenoxy) is 2. The molecule has 0 spiro atoms. The van der Waals surface area contributed by atoms with Crippen LogP contribution in [0.15, 0.2) is 0 Å². The third kappa shape index (κ3) is 9.07. The van der Waals surface area contributed by atoms with E-state index in [1.54, 1.807) is 0 Å². The number of hydrogen-bond acceptors (Lipinski definition) is 11. The summed E-state index contributed by atoms with van der Waals surface area (Å²) < 4.78 is 11.0. The average molecular weight is 422 g/mol. The summed E-state index contributed by atoms with van der Waals surface area (Å²) in [6.45, 7) is 9.52. The van der Waals surface area contributed by atoms with Gasteiger partial charge in [0.05, 0.1) is 13.2 Å². The van der Waals surface area contributed by atoms with E-state index in [9.17, 15) is 20.4 Å². The summed E-state index contributed by atoms with van der Waals surface area (Å²) >= 11 is 0. The van der Waals surface area contributed by atoms with E-state index >= 15 is 0 Å². The zero-order valence-electron chi connectivity index (χ0n) is 17.1. The Balaban J connectivity index is 1.74. The monoisotopic (exact) mass is 421 g/mol. The standard InChI is InChI=1S/C18H39N5O6/c24-13-14-15(25)16(26)17(27)18(29-14)28-12-11-23-9-7-21-5-3-19-1-2-20-4-6-22-8-10-23/h14-22,24-27H,1-13H2/t14-,15+,16+,17-,18-/m1/s1. The Labute approximate surface area is 172 Å². The molecular weight excluding hydrogens is 382 g/mol. The second-order valence-corrected chi connectivity index (χ2v) is 7.41. The second kappa shape index (κ2) is 14.5. The van der Waals surface area contributed by atoms with Crippen LogP contribution < -0.4 is 21.3 Å². The first kappa shape index (κ1) is 24.8. The molecule has 0 aromatic heterocycles. The van der Waals surface area contributed by atoms with Gasteiger partial charge >= 0.3 is 0 Å². The minimum Gasteiger partial charge on any atom is -0.394 e. The maximum Gasteiger partial charge on any atom is 0.186 e. The Morgan fingerprint density at radius 2 is 1.28 bits per heavy atom. The summed E-state index contributed by atoms with van der Waals surface area (Å²) in [5.74, 6) is 0. The molecule has 29 heavy (non-hydrogen) atoms. The molecule has 5 atom stereocenters. The molecule has 0 amide bonds. The van der Waals surface area contributed by atoms with Crippen LogP contribution in [0.2, 0.25) is 0 Å². The van der Waals surface area contributed by atoms with Crippen molar-refractivity contribution in [3.05, 3.63) is 0 Å². The van der Waals surface area contributed by atoms with Crippen molar-refractivity contribution in [2.75, 3.05) is 85.2 Å². The second-order valence-electron chi connectivity index (χ2n) is 7.41. The number of rotatable bonds is 5. The molecule has 0 saturated carbocycles. The SMILES string of the molecule is OC[C@H]1O[C@@H](OCCN2CCNCCNCCNCCNCC2)[C@H](O)[C@@H](O)[C@H]1O. The molecule has 0 radical (unpaired) electrons. The van der Waals surface area contributed by atoms with Crippen molar-refractivity contribution in [3.63, 3.8) is 0 Å². The molecule has 0 unspecified atom stereocenters. The minimum atomic E-state index is -1.42. The van der Waals surface area contributed by atoms with E-state index < -0.39 is 37.3 Å². The molecule has 2 saturated heterocycles. The van der Waals surface area contributed by atoms with Gasteiger partial charge in [0, 0.05) is 72.0 Å². The molecule has 0 bridgehead atoms. The van der Waals surface area contributed by atoms with Crippen LogP contribution in [0.3, 0.4) is 0 Å². The van der Waals surface area contributed by atoms with Gasteiger partial charge in [0.25, 0.3) is 0 Å². The van der Waals surface area contributed by atoms with Crippen molar-refractivity contribution in [2.24, 2.45) is 0 Å². The molecular formula is C18H39N5O6. The maximum atomic E-state index is 10.1. The van der Waals surface area contributed by atoms with Crippen molar-refractivity contribution < 1.29 is 29.9 Å². The Bertz CT molecular complexity index is 406. The van der Waals surface area contributed by atoms with Gasteiger partial charge in [-0.25, -0.2) is 0 Å². The van der Waals surface area contributed by atoms with Gasteiger partial charge in [0.2, 0.25) is 0 Å². The summed E-state index contributed by atoms with van der Waals surface area (Å²) in [5, 5.41) is 52.6. The summed E-state index contributed by atoms with van der Waals surface area (Å²) in [7, 11) is 0. The average Bonchev–Trinajstić information content (AvgIpc) is 2.73. The predicted octanol–water partition coefficient (Wildman–Crippen LogP) is -4.52. The topological polar surface area (TPSA) is 151 Å². The predicted molar refractivity (Wildman–Crippen MR) is 108 cm³/mol. The van der Waals surface area contributed by atoms with Crippen LogP contribution in [0.4, 0.5) is 0 Å². The van der Waals surface area contributed by atoms with Crippen molar-refractivity contribution in [1.29, 1.82) is 0 Å². The van der Waals surface area contributed by atoms with Gasteiger partial charge in [-0.1, -0.05) is 0 Å². The molecule has 11 heteroatoms. The number of nitrogens with zero attached hydrogens (tertiary/aromatic N) is 1. The van der Waals surface area contributed by atoms with Crippen molar-refractivity contribution in [1.82, 2.24) is 26.2 Å². The van der Waals surface area contributed by atoms with Gasteiger partial charge in [0.1, 0.15) is 24.4 Å². The van der Waals surface area contributed by atoms with Gasteiger partial charge in [-0.15, -0.1) is 0 Å². The molecule has 2 rings (SSSR count). The number of aliphatic hydroxyl groups excluding tert-OH is 4. The number of aliphatic hydroxyl groups is 4. The van der Waals surface area contributed by atoms with Crippen LogP contribution in [0, 0.1) is 0 Å². The third-order valence-corrected chi connectivity index (χ3v) is 5.18. The fourth-order valence-corrected chi connectivity index (χ4v) is 3.34. The van der Waals surface area contributed by atoms with E-state index in [0.717, 1.165) is 65.4 Å². The quantitative estimate of drug-likeness (QED) is 0.217. The number of nitrogens with one attached hydrogen (secondary N) is 4. The summed E-state index contributed by atoms with van der Waals surface area (Å²) in [6.07, 6.45) is -6.18. The van der Waals surface area contributed by atoms with Gasteiger partial charge in [-0.05, 0) is 0 Å². The fourth-order valence-electron chi connectivity index (χ4n) is 3.34. The van der Waals surface area contributed by atoms with E-state index in [2.05, 4.69) is 26.2 Å². The minimum absolute atomic E-state index is 0.297. The molecule has 0 aromatic rings. The molecule has 0 aliphatic carbocycles. The highest BCUT2D eigenvalue weighted by molar-refractivity contribution is 4.88. The first-order valence-electron chi connectivity index (χ1n) is 10.6. The van der Waals surface area contributed by atoms with Crippen molar-refractivity contribution >= 4 is 0 Å². The van der Waals surface area contributed by atoms with Crippen LogP contribution in [0.1, 0.15) is 0 Å². The zero-order valence-corrected chi connectivity index (χ0v) is 17.1. The largest absolute Gasteiger partial charge is 0.394 e. The van der Waals surface area contributed by atoms with Crippen LogP contribution in [0.25, 0.3) is 0 Å². The highest BCUT2D eigenvalue weighted by atomic mass is 16.7. The van der Waals surface area contributed by atoms with Crippen LogP contribution in [-0.2, 0) is 9.47 Å². The Hall–Kier alpha value is -0.440. The lowest BCUT2D eigenvalue weighted by Crippen LogP contribution is -2.59. The highest BCUT2D eigenvalue weighted by Crippen LogP contribution is 2.21. The molecule has 11 nitrogen and oxygen atoms in total. The normalized spacial score (nSPS) is 35.0. The fraction of sp³-hybridized carbons (Fsp3) is 1.00. The molecule has 2 aliphatic heterocycles. The van der Waals surface area contributed by atoms with E-state index in [1.807, 2.05) is 0 Å². The van der Waals surface area contributed by atoms with E-state index in [4.69, 9.17) is 9.47 Å². The Morgan fingerprint density at radius 3 is 1.79 bits per heavy atom. The van der Waals surface area contributed by atoms with Gasteiger partial charge in [-0.2, -0.15) is 0 Å². The van der Waals surface area contributed by atoms with Gasteiger partial charge in [0.15, 0.2) is 6.29 Å². The molecule has 2 fully saturated rings. The molecule has 8 N–H and O–H groups in total. The van der Waals surface area contributed by atoms with Gasteiger partial charge in [-0.3, -0.25) is 4.90 Å². The van der Waals surface area contributed by atoms with Crippen LogP contribution in [0.5, 0.6) is 0 Å². The number of hydrogen-bond donors (Lipinski definition) is 8. The molecule has 2 aliphatic rings. The Morgan fingerprint density at radius 1 is 0.759 bits per heavy atom. The zero-order chi connectivity index (χ0) is 20.9. The van der Waals surface area contributed by atoms with E-state index in [1.165, 1.54) is 0 Å².